The highest BCUT2D eigenvalue weighted by Crippen LogP contribution is 2.14. The number of phenolic OH excluding ortho intramolecular Hbond substituents is 1. The molecule has 0 radical (unpaired) electrons. The molecule has 5 nitrogen and oxygen atoms in total. The average molecular weight is 233 g/mol. The van der Waals surface area contributed by atoms with Gasteiger partial charge < -0.3 is 14.9 Å². The number of nitrogens with one attached hydrogen (secondary N) is 1. The number of nitrogens with zero attached hydrogens (tertiary/aromatic N) is 2. The summed E-state index contributed by atoms with van der Waals surface area (Å²) in [6, 6.07) is 7.03. The third-order valence-electron chi connectivity index (χ3n) is 2.60. The molecule has 5 heteroatoms. The largest absolute Gasteiger partial charge is 0.508 e. The summed E-state index contributed by atoms with van der Waals surface area (Å²) < 4.78 is 5.16. The molecule has 0 amide bonds. The highest BCUT2D eigenvalue weighted by molar-refractivity contribution is 5.27. The van der Waals surface area contributed by atoms with Gasteiger partial charge in [-0.15, -0.1) is 0 Å². The van der Waals surface area contributed by atoms with Crippen LogP contribution in [0.1, 0.15) is 30.2 Å². The lowest BCUT2D eigenvalue weighted by molar-refractivity contribution is 0.374. The van der Waals surface area contributed by atoms with E-state index in [0.717, 1.165) is 5.56 Å². The molecule has 90 valence electrons. The van der Waals surface area contributed by atoms with Crippen molar-refractivity contribution < 1.29 is 9.63 Å². The molecule has 0 saturated heterocycles. The lowest BCUT2D eigenvalue weighted by Gasteiger charge is -2.01. The van der Waals surface area contributed by atoms with Gasteiger partial charge >= 0.3 is 0 Å². The molecule has 1 unspecified atom stereocenters. The van der Waals surface area contributed by atoms with Crippen LogP contribution in [0.5, 0.6) is 5.75 Å². The van der Waals surface area contributed by atoms with Crippen LogP contribution in [-0.4, -0.2) is 22.3 Å². The molecule has 1 atom stereocenters. The first-order valence-electron chi connectivity index (χ1n) is 5.46. The van der Waals surface area contributed by atoms with Gasteiger partial charge in [0.2, 0.25) is 5.89 Å². The van der Waals surface area contributed by atoms with Gasteiger partial charge in [-0.05, 0) is 31.7 Å². The molecule has 0 bridgehead atoms. The van der Waals surface area contributed by atoms with Gasteiger partial charge in [0.15, 0.2) is 5.82 Å². The normalized spacial score (nSPS) is 12.6. The molecule has 1 aromatic carbocycles. The summed E-state index contributed by atoms with van der Waals surface area (Å²) in [5.74, 6) is 1.48. The molecule has 2 rings (SSSR count). The predicted molar refractivity (Wildman–Crippen MR) is 62.7 cm³/mol. The van der Waals surface area contributed by atoms with E-state index in [1.54, 1.807) is 12.1 Å². The second-order valence-corrected chi connectivity index (χ2v) is 3.90. The molecule has 0 saturated carbocycles. The zero-order chi connectivity index (χ0) is 12.3. The summed E-state index contributed by atoms with van der Waals surface area (Å²) in [6.07, 6.45) is 0.573. The Hall–Kier alpha value is -1.88. The van der Waals surface area contributed by atoms with Crippen LogP contribution in [0.15, 0.2) is 28.8 Å². The Morgan fingerprint density at radius 1 is 1.35 bits per heavy atom. The monoisotopic (exact) mass is 233 g/mol. The third kappa shape index (κ3) is 2.82. The second kappa shape index (κ2) is 4.97. The SMILES string of the molecule is CNC(C)c1noc(Cc2ccc(O)cc2)n1. The molecule has 0 aliphatic rings. The summed E-state index contributed by atoms with van der Waals surface area (Å²) in [4.78, 5) is 4.30. The van der Waals surface area contributed by atoms with Crippen LogP contribution in [0.2, 0.25) is 0 Å². The van der Waals surface area contributed by atoms with Gasteiger partial charge in [-0.2, -0.15) is 4.98 Å². The van der Waals surface area contributed by atoms with E-state index >= 15 is 0 Å². The number of benzene rings is 1. The Morgan fingerprint density at radius 2 is 2.06 bits per heavy atom. The first-order chi connectivity index (χ1) is 8.19. The van der Waals surface area contributed by atoms with Crippen molar-refractivity contribution in [3.8, 4) is 5.75 Å². The molecule has 0 fully saturated rings. The Labute approximate surface area is 99.5 Å². The molecule has 0 aliphatic heterocycles. The fraction of sp³-hybridized carbons (Fsp3) is 0.333. The Balaban J connectivity index is 2.08. The summed E-state index contributed by atoms with van der Waals surface area (Å²) in [5.41, 5.74) is 1.02. The van der Waals surface area contributed by atoms with Crippen molar-refractivity contribution in [2.45, 2.75) is 19.4 Å². The van der Waals surface area contributed by atoms with Crippen molar-refractivity contribution in [2.24, 2.45) is 0 Å². The van der Waals surface area contributed by atoms with Gasteiger partial charge in [-0.1, -0.05) is 17.3 Å². The van der Waals surface area contributed by atoms with Crippen molar-refractivity contribution in [1.29, 1.82) is 0 Å². The van der Waals surface area contributed by atoms with Crippen molar-refractivity contribution in [3.05, 3.63) is 41.5 Å². The lowest BCUT2D eigenvalue weighted by Crippen LogP contribution is -2.13. The van der Waals surface area contributed by atoms with E-state index in [-0.39, 0.29) is 11.8 Å². The average Bonchev–Trinajstić information content (AvgIpc) is 2.80. The van der Waals surface area contributed by atoms with E-state index in [1.165, 1.54) is 0 Å². The molecule has 0 spiro atoms. The summed E-state index contributed by atoms with van der Waals surface area (Å²) in [7, 11) is 1.85. The lowest BCUT2D eigenvalue weighted by atomic mass is 10.1. The maximum Gasteiger partial charge on any atom is 0.231 e. The van der Waals surface area contributed by atoms with Crippen LogP contribution in [0.4, 0.5) is 0 Å². The molecular weight excluding hydrogens is 218 g/mol. The minimum absolute atomic E-state index is 0.0762. The van der Waals surface area contributed by atoms with Crippen LogP contribution >= 0.6 is 0 Å². The topological polar surface area (TPSA) is 71.2 Å². The number of phenols is 1. The van der Waals surface area contributed by atoms with E-state index in [2.05, 4.69) is 15.5 Å². The van der Waals surface area contributed by atoms with E-state index in [4.69, 9.17) is 4.52 Å². The molecular formula is C12H15N3O2. The van der Waals surface area contributed by atoms with Gasteiger partial charge in [0.1, 0.15) is 5.75 Å². The van der Waals surface area contributed by atoms with Gasteiger partial charge in [0.05, 0.1) is 12.5 Å². The number of aromatic nitrogens is 2. The molecule has 17 heavy (non-hydrogen) atoms. The summed E-state index contributed by atoms with van der Waals surface area (Å²) >= 11 is 0. The molecule has 0 aliphatic carbocycles. The highest BCUT2D eigenvalue weighted by Gasteiger charge is 2.11. The molecule has 2 aromatic rings. The van der Waals surface area contributed by atoms with E-state index in [1.807, 2.05) is 26.1 Å². The maximum atomic E-state index is 9.17. The highest BCUT2D eigenvalue weighted by atomic mass is 16.5. The predicted octanol–water partition coefficient (Wildman–Crippen LogP) is 1.65. The van der Waals surface area contributed by atoms with Crippen molar-refractivity contribution >= 4 is 0 Å². The van der Waals surface area contributed by atoms with Crippen molar-refractivity contribution in [2.75, 3.05) is 7.05 Å². The van der Waals surface area contributed by atoms with E-state index < -0.39 is 0 Å². The summed E-state index contributed by atoms with van der Waals surface area (Å²) in [6.45, 7) is 1.97. The Morgan fingerprint density at radius 3 is 2.71 bits per heavy atom. The number of hydrogen-bond acceptors (Lipinski definition) is 5. The first-order valence-corrected chi connectivity index (χ1v) is 5.46. The fourth-order valence-electron chi connectivity index (χ4n) is 1.43. The van der Waals surface area contributed by atoms with E-state index in [9.17, 15) is 5.11 Å². The quantitative estimate of drug-likeness (QED) is 0.840. The third-order valence-corrected chi connectivity index (χ3v) is 2.60. The van der Waals surface area contributed by atoms with E-state index in [0.29, 0.717) is 18.1 Å². The van der Waals surface area contributed by atoms with Crippen molar-refractivity contribution in [3.63, 3.8) is 0 Å². The van der Waals surface area contributed by atoms with Crippen LogP contribution in [0.25, 0.3) is 0 Å². The van der Waals surface area contributed by atoms with Gasteiger partial charge in [-0.3, -0.25) is 0 Å². The standard InChI is InChI=1S/C12H15N3O2/c1-8(13-2)12-14-11(17-15-12)7-9-3-5-10(16)6-4-9/h3-6,8,13,16H,7H2,1-2H3. The van der Waals surface area contributed by atoms with Gasteiger partial charge in [0, 0.05) is 0 Å². The van der Waals surface area contributed by atoms with Crippen LogP contribution in [0, 0.1) is 0 Å². The fourth-order valence-corrected chi connectivity index (χ4v) is 1.43. The maximum absolute atomic E-state index is 9.17. The molecule has 1 aromatic heterocycles. The zero-order valence-electron chi connectivity index (χ0n) is 9.84. The molecule has 2 N–H and O–H groups in total. The van der Waals surface area contributed by atoms with Crippen LogP contribution in [0.3, 0.4) is 0 Å². The second-order valence-electron chi connectivity index (χ2n) is 3.90. The van der Waals surface area contributed by atoms with Crippen molar-refractivity contribution in [1.82, 2.24) is 15.5 Å². The number of rotatable bonds is 4. The first kappa shape index (κ1) is 11.6. The van der Waals surface area contributed by atoms with Gasteiger partial charge in [0.25, 0.3) is 0 Å². The van der Waals surface area contributed by atoms with Crippen LogP contribution < -0.4 is 5.32 Å². The van der Waals surface area contributed by atoms with Crippen LogP contribution in [-0.2, 0) is 6.42 Å². The zero-order valence-corrected chi connectivity index (χ0v) is 9.84. The molecule has 1 heterocycles. The Bertz CT molecular complexity index is 479. The minimum atomic E-state index is 0.0762. The minimum Gasteiger partial charge on any atom is -0.508 e. The summed E-state index contributed by atoms with van der Waals surface area (Å²) in [5, 5.41) is 16.1. The smallest absolute Gasteiger partial charge is 0.231 e. The van der Waals surface area contributed by atoms with Gasteiger partial charge in [-0.25, -0.2) is 0 Å². The Kier molecular flexibility index (Phi) is 3.39. The number of aromatic hydroxyl groups is 1. The number of hydrogen-bond donors (Lipinski definition) is 2.